The summed E-state index contributed by atoms with van der Waals surface area (Å²) in [5.74, 6) is 0.865. The van der Waals surface area contributed by atoms with Gasteiger partial charge in [0.15, 0.2) is 0 Å². The molecule has 1 aromatic heterocycles. The molecule has 1 fully saturated rings. The van der Waals surface area contributed by atoms with Crippen LogP contribution in [0.2, 0.25) is 0 Å². The number of hydrogen-bond acceptors (Lipinski definition) is 4. The van der Waals surface area contributed by atoms with Gasteiger partial charge < -0.3 is 15.1 Å². The standard InChI is InChI=1S/C15H27N3S/c1-13(15-5-4-10-19-15)16-7-9-18(3)12-14-6-8-17(2)11-14/h4-5,10,13-14,16H,6-9,11-12H2,1-3H3. The SMILES string of the molecule is CC(NCCN(C)CC1CCN(C)C1)c1cccs1. The number of thiophene rings is 1. The topological polar surface area (TPSA) is 18.5 Å². The molecule has 19 heavy (non-hydrogen) atoms. The van der Waals surface area contributed by atoms with E-state index >= 15 is 0 Å². The molecule has 0 bridgehead atoms. The molecule has 0 aliphatic carbocycles. The number of likely N-dealkylation sites (N-methyl/N-ethyl adjacent to an activating group) is 1. The van der Waals surface area contributed by atoms with E-state index in [9.17, 15) is 0 Å². The van der Waals surface area contributed by atoms with Gasteiger partial charge in [-0.15, -0.1) is 11.3 Å². The third-order valence-electron chi connectivity index (χ3n) is 3.97. The van der Waals surface area contributed by atoms with Crippen molar-refractivity contribution < 1.29 is 0 Å². The summed E-state index contributed by atoms with van der Waals surface area (Å²) >= 11 is 1.83. The van der Waals surface area contributed by atoms with E-state index in [4.69, 9.17) is 0 Å². The zero-order valence-electron chi connectivity index (χ0n) is 12.4. The summed E-state index contributed by atoms with van der Waals surface area (Å²) in [6.45, 7) is 8.22. The Morgan fingerprint density at radius 1 is 1.58 bits per heavy atom. The molecule has 2 atom stereocenters. The summed E-state index contributed by atoms with van der Waals surface area (Å²) in [4.78, 5) is 6.34. The first kappa shape index (κ1) is 15.0. The van der Waals surface area contributed by atoms with Crippen molar-refractivity contribution in [3.63, 3.8) is 0 Å². The number of likely N-dealkylation sites (tertiary alicyclic amines) is 1. The summed E-state index contributed by atoms with van der Waals surface area (Å²) in [6, 6.07) is 4.81. The van der Waals surface area contributed by atoms with E-state index in [2.05, 4.69) is 53.6 Å². The van der Waals surface area contributed by atoms with Crippen LogP contribution in [-0.4, -0.2) is 56.6 Å². The molecule has 108 valence electrons. The maximum absolute atomic E-state index is 3.61. The lowest BCUT2D eigenvalue weighted by atomic mass is 10.1. The molecule has 1 N–H and O–H groups in total. The van der Waals surface area contributed by atoms with Gasteiger partial charge in [-0.3, -0.25) is 0 Å². The molecule has 2 unspecified atom stereocenters. The first-order valence-corrected chi connectivity index (χ1v) is 8.17. The largest absolute Gasteiger partial charge is 0.308 e. The van der Waals surface area contributed by atoms with E-state index < -0.39 is 0 Å². The van der Waals surface area contributed by atoms with Crippen LogP contribution in [0.5, 0.6) is 0 Å². The third kappa shape index (κ3) is 4.88. The van der Waals surface area contributed by atoms with Crippen molar-refractivity contribution in [1.82, 2.24) is 15.1 Å². The molecule has 0 spiro atoms. The van der Waals surface area contributed by atoms with Crippen LogP contribution < -0.4 is 5.32 Å². The first-order chi connectivity index (χ1) is 9.15. The smallest absolute Gasteiger partial charge is 0.0386 e. The molecular weight excluding hydrogens is 254 g/mol. The van der Waals surface area contributed by atoms with Gasteiger partial charge >= 0.3 is 0 Å². The molecular formula is C15H27N3S. The fourth-order valence-electron chi connectivity index (χ4n) is 2.82. The van der Waals surface area contributed by atoms with Gasteiger partial charge in [0.05, 0.1) is 0 Å². The number of nitrogens with one attached hydrogen (secondary N) is 1. The second-order valence-corrected chi connectivity index (χ2v) is 6.85. The highest BCUT2D eigenvalue weighted by atomic mass is 32.1. The van der Waals surface area contributed by atoms with Gasteiger partial charge in [0.25, 0.3) is 0 Å². The van der Waals surface area contributed by atoms with Crippen LogP contribution in [0, 0.1) is 5.92 Å². The van der Waals surface area contributed by atoms with E-state index in [-0.39, 0.29) is 0 Å². The van der Waals surface area contributed by atoms with Gasteiger partial charge in [-0.05, 0) is 51.3 Å². The lowest BCUT2D eigenvalue weighted by Crippen LogP contribution is -2.34. The van der Waals surface area contributed by atoms with Crippen LogP contribution >= 0.6 is 11.3 Å². The summed E-state index contributed by atoms with van der Waals surface area (Å²) in [5.41, 5.74) is 0. The Labute approximate surface area is 121 Å². The Bertz CT molecular complexity index is 352. The maximum atomic E-state index is 3.61. The van der Waals surface area contributed by atoms with E-state index in [1.165, 1.54) is 30.9 Å². The van der Waals surface area contributed by atoms with Crippen molar-refractivity contribution in [3.8, 4) is 0 Å². The molecule has 2 rings (SSSR count). The second kappa shape index (κ2) is 7.39. The van der Waals surface area contributed by atoms with Crippen LogP contribution in [0.3, 0.4) is 0 Å². The van der Waals surface area contributed by atoms with Crippen molar-refractivity contribution >= 4 is 11.3 Å². The zero-order valence-corrected chi connectivity index (χ0v) is 13.2. The van der Waals surface area contributed by atoms with Gasteiger partial charge in [-0.25, -0.2) is 0 Å². The van der Waals surface area contributed by atoms with Crippen molar-refractivity contribution in [2.24, 2.45) is 5.92 Å². The number of rotatable bonds is 7. The van der Waals surface area contributed by atoms with Crippen LogP contribution in [0.4, 0.5) is 0 Å². The predicted octanol–water partition coefficient (Wildman–Crippen LogP) is 2.28. The Morgan fingerprint density at radius 3 is 3.05 bits per heavy atom. The van der Waals surface area contributed by atoms with Crippen molar-refractivity contribution in [2.75, 3.05) is 46.8 Å². The van der Waals surface area contributed by atoms with Crippen molar-refractivity contribution in [1.29, 1.82) is 0 Å². The monoisotopic (exact) mass is 281 g/mol. The number of nitrogens with zero attached hydrogens (tertiary/aromatic N) is 2. The van der Waals surface area contributed by atoms with Crippen LogP contribution in [0.15, 0.2) is 17.5 Å². The van der Waals surface area contributed by atoms with Crippen molar-refractivity contribution in [2.45, 2.75) is 19.4 Å². The lowest BCUT2D eigenvalue weighted by molar-refractivity contribution is 0.270. The highest BCUT2D eigenvalue weighted by Gasteiger charge is 2.20. The number of hydrogen-bond donors (Lipinski definition) is 1. The second-order valence-electron chi connectivity index (χ2n) is 5.87. The minimum atomic E-state index is 0.478. The molecule has 3 nitrogen and oxygen atoms in total. The molecule has 1 aromatic rings. The minimum Gasteiger partial charge on any atom is -0.308 e. The Balaban J connectivity index is 1.60. The van der Waals surface area contributed by atoms with Crippen molar-refractivity contribution in [3.05, 3.63) is 22.4 Å². The summed E-state index contributed by atoms with van der Waals surface area (Å²) in [5, 5.41) is 5.76. The zero-order chi connectivity index (χ0) is 13.7. The van der Waals surface area contributed by atoms with Gasteiger partial charge in [-0.2, -0.15) is 0 Å². The quantitative estimate of drug-likeness (QED) is 0.827. The Morgan fingerprint density at radius 2 is 2.42 bits per heavy atom. The van der Waals surface area contributed by atoms with E-state index in [1.807, 2.05) is 11.3 Å². The van der Waals surface area contributed by atoms with Crippen LogP contribution in [0.25, 0.3) is 0 Å². The van der Waals surface area contributed by atoms with Crippen LogP contribution in [0.1, 0.15) is 24.3 Å². The fourth-order valence-corrected chi connectivity index (χ4v) is 3.58. The fraction of sp³-hybridized carbons (Fsp3) is 0.733. The highest BCUT2D eigenvalue weighted by molar-refractivity contribution is 7.10. The average Bonchev–Trinajstić information content (AvgIpc) is 3.00. The van der Waals surface area contributed by atoms with Gasteiger partial charge in [0.2, 0.25) is 0 Å². The van der Waals surface area contributed by atoms with Crippen LogP contribution in [-0.2, 0) is 0 Å². The molecule has 4 heteroatoms. The summed E-state index contributed by atoms with van der Waals surface area (Å²) in [7, 11) is 4.47. The summed E-state index contributed by atoms with van der Waals surface area (Å²) in [6.07, 6.45) is 1.36. The predicted molar refractivity (Wildman–Crippen MR) is 83.8 cm³/mol. The Hall–Kier alpha value is -0.420. The normalized spacial score (nSPS) is 22.2. The average molecular weight is 281 g/mol. The molecule has 1 saturated heterocycles. The molecule has 0 radical (unpaired) electrons. The summed E-state index contributed by atoms with van der Waals surface area (Å²) < 4.78 is 0. The minimum absolute atomic E-state index is 0.478. The van der Waals surface area contributed by atoms with Gasteiger partial charge in [0.1, 0.15) is 0 Å². The molecule has 0 aromatic carbocycles. The van der Waals surface area contributed by atoms with E-state index in [0.29, 0.717) is 6.04 Å². The molecule has 1 aliphatic rings. The molecule has 0 saturated carbocycles. The molecule has 2 heterocycles. The maximum Gasteiger partial charge on any atom is 0.0386 e. The van der Waals surface area contributed by atoms with E-state index in [1.54, 1.807) is 0 Å². The van der Waals surface area contributed by atoms with Gasteiger partial charge in [0, 0.05) is 37.1 Å². The highest BCUT2D eigenvalue weighted by Crippen LogP contribution is 2.18. The van der Waals surface area contributed by atoms with Gasteiger partial charge in [-0.1, -0.05) is 6.07 Å². The lowest BCUT2D eigenvalue weighted by Gasteiger charge is -2.22. The molecule has 1 aliphatic heterocycles. The Kier molecular flexibility index (Phi) is 5.82. The first-order valence-electron chi connectivity index (χ1n) is 7.29. The van der Waals surface area contributed by atoms with E-state index in [0.717, 1.165) is 19.0 Å². The molecule has 0 amide bonds. The third-order valence-corrected chi connectivity index (χ3v) is 5.03.